The summed E-state index contributed by atoms with van der Waals surface area (Å²) in [5.74, 6) is 0.138. The van der Waals surface area contributed by atoms with Gasteiger partial charge in [-0.05, 0) is 20.3 Å². The number of methoxy groups -OCH3 is 1. The fraction of sp³-hybridized carbons (Fsp3) is 0.900. The molecule has 1 saturated heterocycles. The van der Waals surface area contributed by atoms with Crippen molar-refractivity contribution in [3.05, 3.63) is 0 Å². The number of hydrogen-bond donors (Lipinski definition) is 1. The van der Waals surface area contributed by atoms with E-state index in [-0.39, 0.29) is 12.0 Å². The summed E-state index contributed by atoms with van der Waals surface area (Å²) in [4.78, 5) is 13.8. The second-order valence-electron chi connectivity index (χ2n) is 4.49. The van der Waals surface area contributed by atoms with Gasteiger partial charge in [0.2, 0.25) is 5.91 Å². The minimum Gasteiger partial charge on any atom is -0.380 e. The molecule has 82 valence electrons. The van der Waals surface area contributed by atoms with E-state index in [1.807, 2.05) is 18.7 Å². The number of likely N-dealkylation sites (tertiary alicyclic amines) is 1. The van der Waals surface area contributed by atoms with E-state index in [2.05, 4.69) is 0 Å². The zero-order valence-electron chi connectivity index (χ0n) is 9.25. The first-order valence-corrected chi connectivity index (χ1v) is 5.03. The highest BCUT2D eigenvalue weighted by Gasteiger charge is 2.34. The Morgan fingerprint density at radius 3 is 2.71 bits per heavy atom. The third-order valence-electron chi connectivity index (χ3n) is 2.85. The lowest BCUT2D eigenvalue weighted by Crippen LogP contribution is -2.44. The number of hydrogen-bond acceptors (Lipinski definition) is 3. The summed E-state index contributed by atoms with van der Waals surface area (Å²) in [6.45, 7) is 5.66. The van der Waals surface area contributed by atoms with Crippen LogP contribution in [0, 0.1) is 5.41 Å². The molecule has 1 fully saturated rings. The monoisotopic (exact) mass is 200 g/mol. The van der Waals surface area contributed by atoms with Crippen molar-refractivity contribution in [3.63, 3.8) is 0 Å². The summed E-state index contributed by atoms with van der Waals surface area (Å²) < 4.78 is 5.21. The molecule has 0 aromatic carbocycles. The molecule has 2 N–H and O–H groups in total. The normalized spacial score (nSPS) is 22.9. The van der Waals surface area contributed by atoms with Crippen LogP contribution in [0.1, 0.15) is 20.3 Å². The molecule has 1 rings (SSSR count). The highest BCUT2D eigenvalue weighted by molar-refractivity contribution is 5.82. The zero-order chi connectivity index (χ0) is 10.8. The highest BCUT2D eigenvalue weighted by atomic mass is 16.5. The Morgan fingerprint density at radius 2 is 2.29 bits per heavy atom. The van der Waals surface area contributed by atoms with E-state index in [9.17, 15) is 4.79 Å². The van der Waals surface area contributed by atoms with Crippen LogP contribution in [0.4, 0.5) is 0 Å². The lowest BCUT2D eigenvalue weighted by atomic mass is 9.92. The van der Waals surface area contributed by atoms with E-state index < -0.39 is 5.41 Å². The standard InChI is InChI=1S/C10H20N2O2/c1-10(2,7-11)9(13)12-5-4-8(6-12)14-3/h8H,4-7,11H2,1-3H3/t8-/m0/s1. The van der Waals surface area contributed by atoms with Crippen molar-refractivity contribution in [2.75, 3.05) is 26.7 Å². The van der Waals surface area contributed by atoms with Gasteiger partial charge in [0, 0.05) is 26.7 Å². The maximum Gasteiger partial charge on any atom is 0.229 e. The SMILES string of the molecule is CO[C@H]1CCN(C(=O)C(C)(C)CN)C1. The molecule has 0 aromatic heterocycles. The van der Waals surface area contributed by atoms with E-state index in [0.29, 0.717) is 13.1 Å². The maximum absolute atomic E-state index is 11.9. The van der Waals surface area contributed by atoms with Crippen molar-refractivity contribution in [2.24, 2.45) is 11.1 Å². The van der Waals surface area contributed by atoms with Crippen molar-refractivity contribution >= 4 is 5.91 Å². The van der Waals surface area contributed by atoms with Gasteiger partial charge in [0.05, 0.1) is 11.5 Å². The molecule has 0 spiro atoms. The van der Waals surface area contributed by atoms with Crippen molar-refractivity contribution in [2.45, 2.75) is 26.4 Å². The first kappa shape index (κ1) is 11.5. The van der Waals surface area contributed by atoms with E-state index >= 15 is 0 Å². The molecule has 4 nitrogen and oxygen atoms in total. The molecule has 1 aliphatic rings. The van der Waals surface area contributed by atoms with Crippen LogP contribution in [-0.2, 0) is 9.53 Å². The van der Waals surface area contributed by atoms with Gasteiger partial charge in [-0.1, -0.05) is 0 Å². The van der Waals surface area contributed by atoms with E-state index in [0.717, 1.165) is 13.0 Å². The Hall–Kier alpha value is -0.610. The number of ether oxygens (including phenoxy) is 1. The topological polar surface area (TPSA) is 55.6 Å². The number of amides is 1. The van der Waals surface area contributed by atoms with E-state index in [1.165, 1.54) is 0 Å². The lowest BCUT2D eigenvalue weighted by Gasteiger charge is -2.27. The molecule has 1 amide bonds. The maximum atomic E-state index is 11.9. The summed E-state index contributed by atoms with van der Waals surface area (Å²) in [6.07, 6.45) is 1.13. The zero-order valence-corrected chi connectivity index (χ0v) is 9.25. The van der Waals surface area contributed by atoms with E-state index in [4.69, 9.17) is 10.5 Å². The summed E-state index contributed by atoms with van der Waals surface area (Å²) in [7, 11) is 1.69. The number of carbonyl (C=O) groups excluding carboxylic acids is 1. The van der Waals surface area contributed by atoms with Crippen molar-refractivity contribution in [3.8, 4) is 0 Å². The minimum absolute atomic E-state index is 0.138. The van der Waals surface area contributed by atoms with Crippen LogP contribution in [0.2, 0.25) is 0 Å². The average molecular weight is 200 g/mol. The molecule has 0 saturated carbocycles. The predicted octanol–water partition coefficient (Wildman–Crippen LogP) is 0.219. The lowest BCUT2D eigenvalue weighted by molar-refractivity contribution is -0.139. The molecule has 1 atom stereocenters. The van der Waals surface area contributed by atoms with Gasteiger partial charge in [-0.3, -0.25) is 4.79 Å². The third-order valence-corrected chi connectivity index (χ3v) is 2.85. The molecule has 14 heavy (non-hydrogen) atoms. The van der Waals surface area contributed by atoms with Gasteiger partial charge in [-0.25, -0.2) is 0 Å². The molecule has 0 unspecified atom stereocenters. The van der Waals surface area contributed by atoms with Gasteiger partial charge in [0.1, 0.15) is 0 Å². The Labute approximate surface area is 85.4 Å². The van der Waals surface area contributed by atoms with E-state index in [1.54, 1.807) is 7.11 Å². The summed E-state index contributed by atoms with van der Waals surface area (Å²) in [6, 6.07) is 0. The molecule has 1 aliphatic heterocycles. The second kappa shape index (κ2) is 4.28. The van der Waals surface area contributed by atoms with Crippen LogP contribution in [-0.4, -0.2) is 43.7 Å². The Morgan fingerprint density at radius 1 is 1.64 bits per heavy atom. The van der Waals surface area contributed by atoms with Crippen LogP contribution in [0.15, 0.2) is 0 Å². The van der Waals surface area contributed by atoms with Crippen LogP contribution in [0.3, 0.4) is 0 Å². The Bertz CT molecular complexity index is 216. The van der Waals surface area contributed by atoms with Crippen molar-refractivity contribution < 1.29 is 9.53 Å². The molecule has 0 radical (unpaired) electrons. The smallest absolute Gasteiger partial charge is 0.229 e. The molecule has 0 aliphatic carbocycles. The Kier molecular flexibility index (Phi) is 3.50. The highest BCUT2D eigenvalue weighted by Crippen LogP contribution is 2.21. The number of nitrogens with zero attached hydrogens (tertiary/aromatic N) is 1. The fourth-order valence-corrected chi connectivity index (χ4v) is 1.62. The molecule has 0 aromatic rings. The quantitative estimate of drug-likeness (QED) is 0.709. The Balaban J connectivity index is 2.55. The fourth-order valence-electron chi connectivity index (χ4n) is 1.62. The van der Waals surface area contributed by atoms with Gasteiger partial charge >= 0.3 is 0 Å². The number of carbonyl (C=O) groups is 1. The summed E-state index contributed by atoms with van der Waals surface area (Å²) in [5, 5.41) is 0. The first-order chi connectivity index (χ1) is 6.51. The van der Waals surface area contributed by atoms with Crippen LogP contribution >= 0.6 is 0 Å². The van der Waals surface area contributed by atoms with Crippen LogP contribution in [0.5, 0.6) is 0 Å². The molecule has 1 heterocycles. The van der Waals surface area contributed by atoms with Crippen molar-refractivity contribution in [1.82, 2.24) is 4.90 Å². The van der Waals surface area contributed by atoms with Gasteiger partial charge in [-0.2, -0.15) is 0 Å². The number of nitrogens with two attached hydrogens (primary N) is 1. The van der Waals surface area contributed by atoms with Gasteiger partial charge < -0.3 is 15.4 Å². The minimum atomic E-state index is -0.442. The molecule has 0 bridgehead atoms. The summed E-state index contributed by atoms with van der Waals surface area (Å²) >= 11 is 0. The van der Waals surface area contributed by atoms with Gasteiger partial charge in [-0.15, -0.1) is 0 Å². The molecular formula is C10H20N2O2. The average Bonchev–Trinajstić information content (AvgIpc) is 2.64. The number of rotatable bonds is 3. The van der Waals surface area contributed by atoms with Crippen molar-refractivity contribution in [1.29, 1.82) is 0 Å². The predicted molar refractivity (Wildman–Crippen MR) is 54.8 cm³/mol. The second-order valence-corrected chi connectivity index (χ2v) is 4.49. The van der Waals surface area contributed by atoms with Gasteiger partial charge in [0.25, 0.3) is 0 Å². The molecule has 4 heteroatoms. The van der Waals surface area contributed by atoms with Crippen LogP contribution < -0.4 is 5.73 Å². The van der Waals surface area contributed by atoms with Gasteiger partial charge in [0.15, 0.2) is 0 Å². The largest absolute Gasteiger partial charge is 0.380 e. The van der Waals surface area contributed by atoms with Crippen LogP contribution in [0.25, 0.3) is 0 Å². The molecular weight excluding hydrogens is 180 g/mol. The third kappa shape index (κ3) is 2.25. The first-order valence-electron chi connectivity index (χ1n) is 5.03. The summed E-state index contributed by atoms with van der Waals surface area (Å²) in [5.41, 5.74) is 5.12.